The van der Waals surface area contributed by atoms with Gasteiger partial charge in [0.15, 0.2) is 5.82 Å². The molecule has 0 saturated carbocycles. The third-order valence-corrected chi connectivity index (χ3v) is 5.83. The molecule has 1 aromatic carbocycles. The Labute approximate surface area is 146 Å². The lowest BCUT2D eigenvalue weighted by Crippen LogP contribution is -2.59. The fourth-order valence-electron chi connectivity index (χ4n) is 4.45. The van der Waals surface area contributed by atoms with Crippen molar-refractivity contribution in [1.82, 2.24) is 15.4 Å². The minimum absolute atomic E-state index is 0.102. The summed E-state index contributed by atoms with van der Waals surface area (Å²) in [5.41, 5.74) is 2.98. The third kappa shape index (κ3) is 2.56. The highest BCUT2D eigenvalue weighted by Crippen LogP contribution is 2.42. The van der Waals surface area contributed by atoms with E-state index in [1.807, 2.05) is 30.5 Å². The van der Waals surface area contributed by atoms with Crippen LogP contribution in [0.3, 0.4) is 0 Å². The first kappa shape index (κ1) is 15.1. The average molecular weight is 338 g/mol. The zero-order valence-corrected chi connectivity index (χ0v) is 14.4. The number of methoxy groups -OCH3 is 1. The molecule has 25 heavy (non-hydrogen) atoms. The van der Waals surface area contributed by atoms with E-state index in [0.29, 0.717) is 11.7 Å². The molecular formula is C19H22N4O2. The predicted octanol–water partition coefficient (Wildman–Crippen LogP) is 2.66. The van der Waals surface area contributed by atoms with Gasteiger partial charge in [-0.1, -0.05) is 0 Å². The number of ether oxygens (including phenoxy) is 1. The van der Waals surface area contributed by atoms with E-state index in [4.69, 9.17) is 14.6 Å². The number of fused-ring (bicyclic) bond motifs is 3. The van der Waals surface area contributed by atoms with E-state index >= 15 is 0 Å². The van der Waals surface area contributed by atoms with Gasteiger partial charge in [0.25, 0.3) is 0 Å². The fourth-order valence-corrected chi connectivity index (χ4v) is 4.45. The standard InChI is InChI=1S/C19H22N4O2/c1-24-16-3-2-13-11-20-17(9-14(13)8-16)21-18-10-19(25-22-18)12-23-6-4-15(19)5-7-23/h2-3,8-9,11,15H,4-7,10,12H2,1H3,(H,20,21,22). The Hall–Kier alpha value is -2.18. The normalized spacial score (nSPS) is 32.4. The van der Waals surface area contributed by atoms with Gasteiger partial charge in [0.2, 0.25) is 0 Å². The highest BCUT2D eigenvalue weighted by Gasteiger charge is 2.52. The van der Waals surface area contributed by atoms with Crippen LogP contribution in [0.2, 0.25) is 0 Å². The zero-order chi connectivity index (χ0) is 16.9. The molecule has 4 fully saturated rings. The van der Waals surface area contributed by atoms with Crippen molar-refractivity contribution >= 4 is 22.4 Å². The Morgan fingerprint density at radius 1 is 1.28 bits per heavy atom. The number of hydroxylamine groups is 1. The molecule has 6 nitrogen and oxygen atoms in total. The second-order valence-electron chi connectivity index (χ2n) is 7.31. The second kappa shape index (κ2) is 5.68. The molecular weight excluding hydrogens is 316 g/mol. The summed E-state index contributed by atoms with van der Waals surface area (Å²) >= 11 is 0. The van der Waals surface area contributed by atoms with Gasteiger partial charge in [-0.25, -0.2) is 9.98 Å². The molecule has 0 amide bonds. The number of hydrogen-bond acceptors (Lipinski definition) is 5. The van der Waals surface area contributed by atoms with Gasteiger partial charge < -0.3 is 9.64 Å². The predicted molar refractivity (Wildman–Crippen MR) is 96.1 cm³/mol. The number of pyridine rings is 1. The topological polar surface area (TPSA) is 59.0 Å². The Morgan fingerprint density at radius 2 is 2.16 bits per heavy atom. The summed E-state index contributed by atoms with van der Waals surface area (Å²) in [6.45, 7) is 3.42. The number of benzene rings is 1. The number of hydrogen-bond donors (Lipinski definition) is 1. The molecule has 0 radical (unpaired) electrons. The molecule has 1 atom stereocenters. The Kier molecular flexibility index (Phi) is 3.43. The molecule has 4 aliphatic heterocycles. The van der Waals surface area contributed by atoms with Crippen molar-refractivity contribution < 1.29 is 9.57 Å². The Balaban J connectivity index is 1.42. The van der Waals surface area contributed by atoms with Crippen molar-refractivity contribution in [2.24, 2.45) is 10.9 Å². The molecule has 1 aromatic heterocycles. The van der Waals surface area contributed by atoms with Crippen molar-refractivity contribution in [3.05, 3.63) is 30.5 Å². The van der Waals surface area contributed by atoms with Gasteiger partial charge in [-0.2, -0.15) is 0 Å². The van der Waals surface area contributed by atoms with Crippen LogP contribution in [0.4, 0.5) is 5.82 Å². The molecule has 6 rings (SSSR count). The summed E-state index contributed by atoms with van der Waals surface area (Å²) in [7, 11) is 1.68. The zero-order valence-electron chi connectivity index (χ0n) is 14.4. The maximum atomic E-state index is 6.05. The molecule has 5 heterocycles. The lowest BCUT2D eigenvalue weighted by atomic mass is 9.74. The highest BCUT2D eigenvalue weighted by atomic mass is 16.7. The van der Waals surface area contributed by atoms with Crippen LogP contribution in [-0.2, 0) is 4.84 Å². The van der Waals surface area contributed by atoms with Crippen molar-refractivity contribution in [2.75, 3.05) is 26.7 Å². The molecule has 6 heteroatoms. The van der Waals surface area contributed by atoms with E-state index < -0.39 is 0 Å². The number of piperidine rings is 3. The number of aliphatic imine (C=N–C) groups is 1. The first-order chi connectivity index (χ1) is 12.2. The van der Waals surface area contributed by atoms with Crippen molar-refractivity contribution in [3.63, 3.8) is 0 Å². The molecule has 2 bridgehead atoms. The number of amidine groups is 1. The monoisotopic (exact) mass is 338 g/mol. The molecule has 130 valence electrons. The fraction of sp³-hybridized carbons (Fsp3) is 0.474. The van der Waals surface area contributed by atoms with E-state index in [2.05, 4.69) is 15.4 Å². The molecule has 1 unspecified atom stereocenters. The van der Waals surface area contributed by atoms with Crippen LogP contribution in [0.25, 0.3) is 10.8 Å². The van der Waals surface area contributed by atoms with Crippen LogP contribution in [0.5, 0.6) is 5.75 Å². The first-order valence-corrected chi connectivity index (χ1v) is 8.92. The summed E-state index contributed by atoms with van der Waals surface area (Å²) in [6, 6.07) is 7.96. The van der Waals surface area contributed by atoms with E-state index in [0.717, 1.165) is 35.3 Å². The second-order valence-corrected chi connectivity index (χ2v) is 7.31. The smallest absolute Gasteiger partial charge is 0.154 e. The van der Waals surface area contributed by atoms with E-state index in [9.17, 15) is 0 Å². The maximum absolute atomic E-state index is 6.05. The van der Waals surface area contributed by atoms with Crippen LogP contribution in [0.15, 0.2) is 35.5 Å². The Morgan fingerprint density at radius 3 is 2.92 bits per heavy atom. The van der Waals surface area contributed by atoms with E-state index in [1.54, 1.807) is 7.11 Å². The molecule has 0 aliphatic carbocycles. The SMILES string of the molecule is COc1ccc2cnc(N=C3CC4(CN5CCC4CC5)ON3)cc2c1. The molecule has 4 aliphatic rings. The summed E-state index contributed by atoms with van der Waals surface area (Å²) in [6.07, 6.45) is 5.14. The van der Waals surface area contributed by atoms with Crippen LogP contribution in [-0.4, -0.2) is 48.1 Å². The molecule has 1 spiro atoms. The highest BCUT2D eigenvalue weighted by molar-refractivity contribution is 5.89. The van der Waals surface area contributed by atoms with Crippen LogP contribution < -0.4 is 10.2 Å². The first-order valence-electron chi connectivity index (χ1n) is 8.92. The van der Waals surface area contributed by atoms with E-state index in [1.165, 1.54) is 25.9 Å². The van der Waals surface area contributed by atoms with Gasteiger partial charge in [-0.15, -0.1) is 0 Å². The molecule has 4 saturated heterocycles. The van der Waals surface area contributed by atoms with E-state index in [-0.39, 0.29) is 5.60 Å². The lowest BCUT2D eigenvalue weighted by Gasteiger charge is -2.49. The summed E-state index contributed by atoms with van der Waals surface area (Å²) in [5.74, 6) is 3.05. The van der Waals surface area contributed by atoms with Crippen molar-refractivity contribution in [2.45, 2.75) is 24.9 Å². The van der Waals surface area contributed by atoms with Crippen LogP contribution in [0, 0.1) is 5.92 Å². The summed E-state index contributed by atoms with van der Waals surface area (Å²) in [4.78, 5) is 17.7. The van der Waals surface area contributed by atoms with Gasteiger partial charge >= 0.3 is 0 Å². The maximum Gasteiger partial charge on any atom is 0.154 e. The van der Waals surface area contributed by atoms with Gasteiger partial charge in [-0.3, -0.25) is 10.3 Å². The van der Waals surface area contributed by atoms with Crippen molar-refractivity contribution in [3.8, 4) is 5.75 Å². The lowest BCUT2D eigenvalue weighted by molar-refractivity contribution is -0.150. The van der Waals surface area contributed by atoms with Crippen LogP contribution in [0.1, 0.15) is 19.3 Å². The van der Waals surface area contributed by atoms with Gasteiger partial charge in [-0.05, 0) is 61.5 Å². The van der Waals surface area contributed by atoms with Gasteiger partial charge in [0.05, 0.1) is 7.11 Å². The minimum atomic E-state index is -0.102. The van der Waals surface area contributed by atoms with Gasteiger partial charge in [0, 0.05) is 24.5 Å². The number of aromatic nitrogens is 1. The number of nitrogens with one attached hydrogen (secondary N) is 1. The minimum Gasteiger partial charge on any atom is -0.497 e. The van der Waals surface area contributed by atoms with Crippen LogP contribution >= 0.6 is 0 Å². The number of nitrogens with zero attached hydrogens (tertiary/aromatic N) is 3. The number of rotatable bonds is 2. The van der Waals surface area contributed by atoms with Gasteiger partial charge in [0.1, 0.15) is 17.2 Å². The Bertz CT molecular complexity index is 844. The quantitative estimate of drug-likeness (QED) is 0.912. The summed E-state index contributed by atoms with van der Waals surface area (Å²) < 4.78 is 5.31. The summed E-state index contributed by atoms with van der Waals surface area (Å²) in [5, 5.41) is 2.15. The third-order valence-electron chi connectivity index (χ3n) is 5.83. The molecule has 1 N–H and O–H groups in total. The largest absolute Gasteiger partial charge is 0.497 e. The van der Waals surface area contributed by atoms with Crippen molar-refractivity contribution in [1.29, 1.82) is 0 Å². The molecule has 2 aromatic rings. The average Bonchev–Trinajstić information content (AvgIpc) is 3.04.